The molecular formula is C13H22N2S. The molecule has 0 atom stereocenters. The quantitative estimate of drug-likeness (QED) is 0.805. The highest BCUT2D eigenvalue weighted by Gasteiger charge is 2.33. The van der Waals surface area contributed by atoms with Crippen LogP contribution in [-0.2, 0) is 5.41 Å². The van der Waals surface area contributed by atoms with E-state index in [1.54, 1.807) is 0 Å². The van der Waals surface area contributed by atoms with Crippen molar-refractivity contribution in [1.82, 2.24) is 4.37 Å². The Morgan fingerprint density at radius 3 is 2.50 bits per heavy atom. The van der Waals surface area contributed by atoms with Gasteiger partial charge in [0.2, 0.25) is 0 Å². The summed E-state index contributed by atoms with van der Waals surface area (Å²) in [7, 11) is 0. The van der Waals surface area contributed by atoms with Gasteiger partial charge in [0.15, 0.2) is 0 Å². The number of anilines is 1. The van der Waals surface area contributed by atoms with Crippen LogP contribution in [0.2, 0.25) is 0 Å². The Balaban J connectivity index is 2.25. The molecule has 1 aromatic heterocycles. The van der Waals surface area contributed by atoms with Crippen molar-refractivity contribution in [3.63, 3.8) is 0 Å². The second-order valence-electron chi connectivity index (χ2n) is 5.06. The maximum atomic E-state index is 5.84. The smallest absolute Gasteiger partial charge is 0.107 e. The summed E-state index contributed by atoms with van der Waals surface area (Å²) in [6.07, 6.45) is 10.6. The van der Waals surface area contributed by atoms with E-state index in [1.165, 1.54) is 68.6 Å². The Labute approximate surface area is 102 Å². The summed E-state index contributed by atoms with van der Waals surface area (Å²) in [5, 5.41) is 0.870. The molecule has 1 heterocycles. The lowest BCUT2D eigenvalue weighted by molar-refractivity contribution is 0.333. The van der Waals surface area contributed by atoms with E-state index in [1.807, 2.05) is 0 Å². The lowest BCUT2D eigenvalue weighted by Crippen LogP contribution is -2.25. The number of hydrogen-bond donors (Lipinski definition) is 1. The SMILES string of the molecule is CCCC1(c2cc(N)sn2)CCCCCC1. The molecule has 2 N–H and O–H groups in total. The molecule has 0 spiro atoms. The second kappa shape index (κ2) is 5.17. The molecule has 1 aromatic rings. The predicted molar refractivity (Wildman–Crippen MR) is 70.8 cm³/mol. The van der Waals surface area contributed by atoms with Gasteiger partial charge in [0.05, 0.1) is 5.69 Å². The molecule has 0 aliphatic heterocycles. The van der Waals surface area contributed by atoms with Crippen molar-refractivity contribution in [2.75, 3.05) is 5.73 Å². The van der Waals surface area contributed by atoms with Crippen molar-refractivity contribution in [3.8, 4) is 0 Å². The largest absolute Gasteiger partial charge is 0.389 e. The van der Waals surface area contributed by atoms with E-state index in [0.29, 0.717) is 5.41 Å². The van der Waals surface area contributed by atoms with Crippen LogP contribution >= 0.6 is 11.5 Å². The van der Waals surface area contributed by atoms with Crippen LogP contribution in [0.25, 0.3) is 0 Å². The third-order valence-electron chi connectivity index (χ3n) is 3.86. The van der Waals surface area contributed by atoms with E-state index in [0.717, 1.165) is 5.00 Å². The van der Waals surface area contributed by atoms with Crippen LogP contribution in [0, 0.1) is 0 Å². The molecular weight excluding hydrogens is 216 g/mol. The topological polar surface area (TPSA) is 38.9 Å². The second-order valence-corrected chi connectivity index (χ2v) is 5.90. The summed E-state index contributed by atoms with van der Waals surface area (Å²) in [6.45, 7) is 2.28. The number of nitrogens with zero attached hydrogens (tertiary/aromatic N) is 1. The minimum Gasteiger partial charge on any atom is -0.389 e. The fourth-order valence-corrected chi connectivity index (χ4v) is 3.67. The van der Waals surface area contributed by atoms with Crippen molar-refractivity contribution in [1.29, 1.82) is 0 Å². The highest BCUT2D eigenvalue weighted by molar-refractivity contribution is 7.10. The fourth-order valence-electron chi connectivity index (χ4n) is 3.06. The van der Waals surface area contributed by atoms with E-state index in [2.05, 4.69) is 17.4 Å². The van der Waals surface area contributed by atoms with Crippen molar-refractivity contribution < 1.29 is 0 Å². The van der Waals surface area contributed by atoms with Crippen LogP contribution in [0.4, 0.5) is 5.00 Å². The first-order valence-electron chi connectivity index (χ1n) is 6.49. The van der Waals surface area contributed by atoms with E-state index in [9.17, 15) is 0 Å². The van der Waals surface area contributed by atoms with Crippen molar-refractivity contribution in [3.05, 3.63) is 11.8 Å². The Morgan fingerprint density at radius 1 is 1.31 bits per heavy atom. The molecule has 0 amide bonds. The molecule has 3 heteroatoms. The molecule has 0 saturated heterocycles. The molecule has 0 unspecified atom stereocenters. The third-order valence-corrected chi connectivity index (χ3v) is 4.48. The monoisotopic (exact) mass is 238 g/mol. The van der Waals surface area contributed by atoms with Gasteiger partial charge in [-0.1, -0.05) is 39.0 Å². The van der Waals surface area contributed by atoms with E-state index in [4.69, 9.17) is 5.73 Å². The number of aromatic nitrogens is 1. The Kier molecular flexibility index (Phi) is 3.85. The van der Waals surface area contributed by atoms with Crippen LogP contribution in [0.1, 0.15) is 64.0 Å². The third kappa shape index (κ3) is 2.40. The van der Waals surface area contributed by atoms with Crippen LogP contribution in [0.5, 0.6) is 0 Å². The first kappa shape index (κ1) is 11.9. The zero-order valence-electron chi connectivity index (χ0n) is 10.2. The van der Waals surface area contributed by atoms with E-state index >= 15 is 0 Å². The van der Waals surface area contributed by atoms with Gasteiger partial charge in [0.1, 0.15) is 5.00 Å². The van der Waals surface area contributed by atoms with Gasteiger partial charge in [-0.25, -0.2) is 0 Å². The summed E-state index contributed by atoms with van der Waals surface area (Å²) in [4.78, 5) is 0. The average molecular weight is 238 g/mol. The molecule has 0 radical (unpaired) electrons. The summed E-state index contributed by atoms with van der Waals surface area (Å²) in [5.41, 5.74) is 7.46. The molecule has 0 bridgehead atoms. The Hall–Kier alpha value is -0.570. The highest BCUT2D eigenvalue weighted by Crippen LogP contribution is 2.42. The summed E-state index contributed by atoms with van der Waals surface area (Å²) >= 11 is 1.46. The zero-order chi connectivity index (χ0) is 11.4. The molecule has 1 aliphatic rings. The Bertz CT molecular complexity index is 324. The van der Waals surface area contributed by atoms with Gasteiger partial charge in [-0.05, 0) is 36.9 Å². The molecule has 1 saturated carbocycles. The highest BCUT2D eigenvalue weighted by atomic mass is 32.1. The van der Waals surface area contributed by atoms with Gasteiger partial charge >= 0.3 is 0 Å². The van der Waals surface area contributed by atoms with E-state index in [-0.39, 0.29) is 0 Å². The zero-order valence-corrected chi connectivity index (χ0v) is 11.0. The molecule has 1 fully saturated rings. The number of rotatable bonds is 3. The predicted octanol–water partition coefficient (Wildman–Crippen LogP) is 4.12. The first-order valence-corrected chi connectivity index (χ1v) is 7.27. The average Bonchev–Trinajstić information content (AvgIpc) is 2.57. The minimum atomic E-state index is 0.347. The molecule has 0 aromatic carbocycles. The maximum absolute atomic E-state index is 5.84. The molecule has 90 valence electrons. The molecule has 2 rings (SSSR count). The van der Waals surface area contributed by atoms with Gasteiger partial charge in [-0.15, -0.1) is 0 Å². The first-order chi connectivity index (χ1) is 7.77. The Morgan fingerprint density at radius 2 is 2.00 bits per heavy atom. The molecule has 1 aliphatic carbocycles. The minimum absolute atomic E-state index is 0.347. The summed E-state index contributed by atoms with van der Waals surface area (Å²) in [6, 6.07) is 2.12. The van der Waals surface area contributed by atoms with Crippen molar-refractivity contribution in [2.45, 2.75) is 63.7 Å². The van der Waals surface area contributed by atoms with Crippen molar-refractivity contribution in [2.24, 2.45) is 0 Å². The maximum Gasteiger partial charge on any atom is 0.107 e. The van der Waals surface area contributed by atoms with Crippen LogP contribution in [0.3, 0.4) is 0 Å². The fraction of sp³-hybridized carbons (Fsp3) is 0.769. The van der Waals surface area contributed by atoms with Crippen LogP contribution in [-0.4, -0.2) is 4.37 Å². The van der Waals surface area contributed by atoms with Crippen LogP contribution in [0.15, 0.2) is 6.07 Å². The number of nitrogen functional groups attached to an aromatic ring is 1. The standard InChI is InChI=1S/C13H22N2S/c1-2-7-13(8-5-3-4-6-9-13)11-10-12(14)16-15-11/h10H,2-9,14H2,1H3. The molecule has 2 nitrogen and oxygen atoms in total. The van der Waals surface area contributed by atoms with Gasteiger partial charge in [0.25, 0.3) is 0 Å². The van der Waals surface area contributed by atoms with Gasteiger partial charge in [0, 0.05) is 5.41 Å². The summed E-state index contributed by atoms with van der Waals surface area (Å²) in [5.74, 6) is 0. The van der Waals surface area contributed by atoms with Gasteiger partial charge in [-0.3, -0.25) is 0 Å². The normalized spacial score (nSPS) is 20.6. The van der Waals surface area contributed by atoms with Crippen LogP contribution < -0.4 is 5.73 Å². The van der Waals surface area contributed by atoms with E-state index < -0.39 is 0 Å². The lowest BCUT2D eigenvalue weighted by atomic mass is 9.74. The van der Waals surface area contributed by atoms with Crippen molar-refractivity contribution >= 4 is 16.5 Å². The number of hydrogen-bond acceptors (Lipinski definition) is 3. The van der Waals surface area contributed by atoms with Gasteiger partial charge < -0.3 is 5.73 Å². The number of nitrogens with two attached hydrogens (primary N) is 1. The van der Waals surface area contributed by atoms with Gasteiger partial charge in [-0.2, -0.15) is 4.37 Å². The lowest BCUT2D eigenvalue weighted by Gasteiger charge is -2.30. The summed E-state index contributed by atoms with van der Waals surface area (Å²) < 4.78 is 4.59. The molecule has 16 heavy (non-hydrogen) atoms.